The van der Waals surface area contributed by atoms with Gasteiger partial charge in [-0.15, -0.1) is 13.2 Å². The van der Waals surface area contributed by atoms with Crippen molar-refractivity contribution in [1.82, 2.24) is 0 Å². The van der Waals surface area contributed by atoms with Crippen molar-refractivity contribution in [2.24, 2.45) is 5.73 Å². The molecule has 0 aromatic heterocycles. The molecule has 1 rings (SSSR count). The molecule has 7 heteroatoms. The third-order valence-corrected chi connectivity index (χ3v) is 1.64. The summed E-state index contributed by atoms with van der Waals surface area (Å²) in [4.78, 5) is 0. The van der Waals surface area contributed by atoms with Crippen molar-refractivity contribution in [2.45, 2.75) is 12.9 Å². The van der Waals surface area contributed by atoms with Crippen LogP contribution >= 0.6 is 0 Å². The van der Waals surface area contributed by atoms with E-state index in [2.05, 4.69) is 4.74 Å². The van der Waals surface area contributed by atoms with Gasteiger partial charge in [0.15, 0.2) is 11.6 Å². The van der Waals surface area contributed by atoms with E-state index < -0.39 is 17.9 Å². The van der Waals surface area contributed by atoms with Crippen LogP contribution in [0.4, 0.5) is 23.2 Å². The fourth-order valence-corrected chi connectivity index (χ4v) is 0.991. The molecule has 0 radical (unpaired) electrons. The summed E-state index contributed by atoms with van der Waals surface area (Å²) < 4.78 is 51.8. The molecule has 0 atom stereocenters. The molecule has 0 amide bonds. The second-order valence-corrected chi connectivity index (χ2v) is 2.73. The highest BCUT2D eigenvalue weighted by atomic mass is 19.4. The van der Waals surface area contributed by atoms with Gasteiger partial charge in [0.1, 0.15) is 0 Å². The first-order valence-electron chi connectivity index (χ1n) is 3.87. The van der Waals surface area contributed by atoms with Crippen molar-refractivity contribution in [3.63, 3.8) is 0 Å². The number of halogens is 4. The maximum atomic E-state index is 13.0. The molecule has 0 aliphatic heterocycles. The van der Waals surface area contributed by atoms with Gasteiger partial charge in [-0.05, 0) is 11.6 Å². The lowest BCUT2D eigenvalue weighted by atomic mass is 10.1. The monoisotopic (exact) mass is 224 g/mol. The molecule has 3 nitrogen and oxygen atoms in total. The molecule has 0 heterocycles. The molecule has 0 saturated carbocycles. The number of ether oxygens (including phenoxy) is 1. The Morgan fingerprint density at radius 3 is 2.33 bits per heavy atom. The van der Waals surface area contributed by atoms with E-state index in [0.717, 1.165) is 12.1 Å². The van der Waals surface area contributed by atoms with Crippen LogP contribution in [0, 0.1) is 5.82 Å². The zero-order valence-electron chi connectivity index (χ0n) is 7.44. The quantitative estimate of drug-likeness (QED) is 0.594. The molecule has 1 aromatic rings. The summed E-state index contributed by atoms with van der Waals surface area (Å²) in [5.74, 6) is -2.11. The van der Waals surface area contributed by atoms with Gasteiger partial charge in [0.05, 0.1) is 0 Å². The van der Waals surface area contributed by atoms with Crippen LogP contribution in [0.2, 0.25) is 0 Å². The largest absolute Gasteiger partial charge is 0.573 e. The van der Waals surface area contributed by atoms with E-state index in [4.69, 9.17) is 11.5 Å². The number of benzene rings is 1. The Morgan fingerprint density at radius 1 is 1.27 bits per heavy atom. The SMILES string of the molecule is NCc1cc(OC(F)(F)F)c(F)cc1N. The maximum Gasteiger partial charge on any atom is 0.573 e. The Labute approximate surface area is 82.6 Å². The van der Waals surface area contributed by atoms with Crippen LogP contribution in [0.25, 0.3) is 0 Å². The molecular weight excluding hydrogens is 216 g/mol. The standard InChI is InChI=1S/C8H8F4N2O/c9-5-2-6(14)4(3-13)1-7(5)15-8(10,11)12/h1-2H,3,13-14H2. The molecule has 1 aromatic carbocycles. The fourth-order valence-electron chi connectivity index (χ4n) is 0.991. The predicted octanol–water partition coefficient (Wildman–Crippen LogP) is 1.77. The summed E-state index contributed by atoms with van der Waals surface area (Å²) in [6, 6.07) is 1.57. The molecule has 15 heavy (non-hydrogen) atoms. The molecular formula is C8H8F4N2O. The first-order valence-corrected chi connectivity index (χ1v) is 3.87. The minimum Gasteiger partial charge on any atom is -0.403 e. The Kier molecular flexibility index (Phi) is 3.04. The Hall–Kier alpha value is -1.50. The molecule has 0 unspecified atom stereocenters. The van der Waals surface area contributed by atoms with Gasteiger partial charge in [-0.3, -0.25) is 0 Å². The van der Waals surface area contributed by atoms with Crippen LogP contribution in [0.3, 0.4) is 0 Å². The van der Waals surface area contributed by atoms with Crippen molar-refractivity contribution in [1.29, 1.82) is 0 Å². The minimum atomic E-state index is -4.94. The number of nitrogens with two attached hydrogens (primary N) is 2. The van der Waals surface area contributed by atoms with E-state index in [0.29, 0.717) is 0 Å². The van der Waals surface area contributed by atoms with E-state index in [9.17, 15) is 17.6 Å². The zero-order valence-corrected chi connectivity index (χ0v) is 7.44. The maximum absolute atomic E-state index is 13.0. The topological polar surface area (TPSA) is 61.3 Å². The molecule has 0 aliphatic rings. The Balaban J connectivity index is 3.08. The average molecular weight is 224 g/mol. The predicted molar refractivity (Wildman–Crippen MR) is 45.4 cm³/mol. The van der Waals surface area contributed by atoms with Gasteiger partial charge < -0.3 is 16.2 Å². The summed E-state index contributed by atoms with van der Waals surface area (Å²) in [6.45, 7) is -0.0969. The van der Waals surface area contributed by atoms with Gasteiger partial charge in [0.25, 0.3) is 0 Å². The number of nitrogen functional groups attached to an aromatic ring is 1. The molecule has 0 aliphatic carbocycles. The van der Waals surface area contributed by atoms with Crippen LogP contribution in [0.1, 0.15) is 5.56 Å². The smallest absolute Gasteiger partial charge is 0.403 e. The van der Waals surface area contributed by atoms with Crippen molar-refractivity contribution in [2.75, 3.05) is 5.73 Å². The first kappa shape index (κ1) is 11.6. The molecule has 4 N–H and O–H groups in total. The van der Waals surface area contributed by atoms with Gasteiger partial charge >= 0.3 is 6.36 Å². The highest BCUT2D eigenvalue weighted by Crippen LogP contribution is 2.28. The molecule has 0 bridgehead atoms. The molecule has 0 saturated heterocycles. The van der Waals surface area contributed by atoms with Gasteiger partial charge in [0.2, 0.25) is 0 Å². The first-order chi connectivity index (χ1) is 6.83. The number of anilines is 1. The van der Waals surface area contributed by atoms with Gasteiger partial charge in [-0.25, -0.2) is 4.39 Å². The lowest BCUT2D eigenvalue weighted by Crippen LogP contribution is -2.18. The highest BCUT2D eigenvalue weighted by Gasteiger charge is 2.32. The normalized spacial score (nSPS) is 11.5. The second kappa shape index (κ2) is 3.93. The third kappa shape index (κ3) is 2.98. The van der Waals surface area contributed by atoms with E-state index in [-0.39, 0.29) is 17.8 Å². The number of alkyl halides is 3. The van der Waals surface area contributed by atoms with E-state index in [1.165, 1.54) is 0 Å². The van der Waals surface area contributed by atoms with Crippen LogP contribution < -0.4 is 16.2 Å². The van der Waals surface area contributed by atoms with Gasteiger partial charge in [-0.2, -0.15) is 0 Å². The van der Waals surface area contributed by atoms with Crippen LogP contribution in [0.15, 0.2) is 12.1 Å². The summed E-state index contributed by atoms with van der Waals surface area (Å²) in [7, 11) is 0. The average Bonchev–Trinajstić information content (AvgIpc) is 2.07. The van der Waals surface area contributed by atoms with Crippen molar-refractivity contribution >= 4 is 5.69 Å². The summed E-state index contributed by atoms with van der Waals surface area (Å²) in [6.07, 6.45) is -4.94. The molecule has 84 valence electrons. The van der Waals surface area contributed by atoms with Crippen LogP contribution in [-0.4, -0.2) is 6.36 Å². The number of hydrogen-bond acceptors (Lipinski definition) is 3. The van der Waals surface area contributed by atoms with E-state index in [1.54, 1.807) is 0 Å². The third-order valence-electron chi connectivity index (χ3n) is 1.64. The second-order valence-electron chi connectivity index (χ2n) is 2.73. The molecule has 0 fully saturated rings. The van der Waals surface area contributed by atoms with Crippen LogP contribution in [-0.2, 0) is 6.54 Å². The van der Waals surface area contributed by atoms with Crippen molar-refractivity contribution in [3.8, 4) is 5.75 Å². The van der Waals surface area contributed by atoms with Crippen molar-refractivity contribution in [3.05, 3.63) is 23.5 Å². The lowest BCUT2D eigenvalue weighted by Gasteiger charge is -2.12. The minimum absolute atomic E-state index is 0.00970. The Bertz CT molecular complexity index is 364. The van der Waals surface area contributed by atoms with Gasteiger partial charge in [0, 0.05) is 18.3 Å². The van der Waals surface area contributed by atoms with E-state index >= 15 is 0 Å². The summed E-state index contributed by atoms with van der Waals surface area (Å²) in [5, 5.41) is 0. The van der Waals surface area contributed by atoms with E-state index in [1.807, 2.05) is 0 Å². The molecule has 0 spiro atoms. The zero-order chi connectivity index (χ0) is 11.6. The lowest BCUT2D eigenvalue weighted by molar-refractivity contribution is -0.275. The van der Waals surface area contributed by atoms with Crippen LogP contribution in [0.5, 0.6) is 5.75 Å². The fraction of sp³-hybridized carbons (Fsp3) is 0.250. The number of rotatable bonds is 2. The highest BCUT2D eigenvalue weighted by molar-refractivity contribution is 5.51. The summed E-state index contributed by atoms with van der Waals surface area (Å²) in [5.41, 5.74) is 10.7. The summed E-state index contributed by atoms with van der Waals surface area (Å²) >= 11 is 0. The Morgan fingerprint density at radius 2 is 1.87 bits per heavy atom. The number of hydrogen-bond donors (Lipinski definition) is 2. The van der Waals surface area contributed by atoms with Crippen molar-refractivity contribution < 1.29 is 22.3 Å². The van der Waals surface area contributed by atoms with Gasteiger partial charge in [-0.1, -0.05) is 0 Å².